The van der Waals surface area contributed by atoms with Crippen LogP contribution in [0.4, 0.5) is 11.4 Å². The molecule has 5 nitrogen and oxygen atoms in total. The third-order valence-corrected chi connectivity index (χ3v) is 4.96. The zero-order valence-corrected chi connectivity index (χ0v) is 15.7. The molecule has 0 spiro atoms. The maximum atomic E-state index is 12.7. The zero-order valence-electron chi connectivity index (χ0n) is 15.7. The molecule has 2 amide bonds. The molecule has 0 bridgehead atoms. The lowest BCUT2D eigenvalue weighted by atomic mass is 10.1. The Balaban J connectivity index is 1.68. The van der Waals surface area contributed by atoms with Crippen molar-refractivity contribution in [3.63, 3.8) is 0 Å². The van der Waals surface area contributed by atoms with Crippen LogP contribution in [-0.4, -0.2) is 38.5 Å². The van der Waals surface area contributed by atoms with Crippen molar-refractivity contribution in [1.82, 2.24) is 5.32 Å². The van der Waals surface area contributed by atoms with Crippen molar-refractivity contribution >= 4 is 23.2 Å². The van der Waals surface area contributed by atoms with E-state index >= 15 is 0 Å². The number of anilines is 2. The normalized spacial score (nSPS) is 16.7. The Kier molecular flexibility index (Phi) is 4.98. The minimum atomic E-state index is -0.474. The summed E-state index contributed by atoms with van der Waals surface area (Å²) in [6.07, 6.45) is 0.618. The minimum absolute atomic E-state index is 0.0495. The van der Waals surface area contributed by atoms with E-state index in [9.17, 15) is 9.59 Å². The number of carbonyl (C=O) groups excluding carboxylic acids is 2. The van der Waals surface area contributed by atoms with Gasteiger partial charge in [-0.25, -0.2) is 0 Å². The molecule has 2 aromatic rings. The van der Waals surface area contributed by atoms with Gasteiger partial charge in [-0.2, -0.15) is 0 Å². The number of rotatable bonds is 4. The van der Waals surface area contributed by atoms with Crippen LogP contribution in [0.3, 0.4) is 0 Å². The lowest BCUT2D eigenvalue weighted by molar-refractivity contribution is -0.118. The monoisotopic (exact) mass is 351 g/mol. The summed E-state index contributed by atoms with van der Waals surface area (Å²) in [4.78, 5) is 28.9. The Hall–Kier alpha value is -2.82. The lowest BCUT2D eigenvalue weighted by Gasteiger charge is -2.18. The van der Waals surface area contributed by atoms with Crippen LogP contribution in [0, 0.1) is 13.8 Å². The van der Waals surface area contributed by atoms with Crippen LogP contribution in [0.25, 0.3) is 0 Å². The van der Waals surface area contributed by atoms with E-state index < -0.39 is 6.04 Å². The second-order valence-corrected chi connectivity index (χ2v) is 7.01. The quantitative estimate of drug-likeness (QED) is 0.921. The van der Waals surface area contributed by atoms with Gasteiger partial charge in [0.05, 0.1) is 0 Å². The first kappa shape index (κ1) is 18.0. The summed E-state index contributed by atoms with van der Waals surface area (Å²) in [7, 11) is 3.90. The summed E-state index contributed by atoms with van der Waals surface area (Å²) in [6.45, 7) is 4.71. The van der Waals surface area contributed by atoms with Gasteiger partial charge in [-0.15, -0.1) is 0 Å². The van der Waals surface area contributed by atoms with Crippen LogP contribution in [0.1, 0.15) is 27.9 Å². The van der Waals surface area contributed by atoms with E-state index in [-0.39, 0.29) is 11.8 Å². The number of nitrogens with one attached hydrogen (secondary N) is 1. The van der Waals surface area contributed by atoms with Crippen molar-refractivity contribution in [3.05, 3.63) is 59.2 Å². The highest BCUT2D eigenvalue weighted by atomic mass is 16.2. The van der Waals surface area contributed by atoms with E-state index in [4.69, 9.17) is 0 Å². The second kappa shape index (κ2) is 7.20. The molecule has 1 saturated heterocycles. The number of hydrogen-bond acceptors (Lipinski definition) is 3. The third-order valence-electron chi connectivity index (χ3n) is 4.96. The molecule has 0 aromatic heterocycles. The number of nitrogens with zero attached hydrogens (tertiary/aromatic N) is 2. The average molecular weight is 351 g/mol. The van der Waals surface area contributed by atoms with Gasteiger partial charge in [0.2, 0.25) is 5.91 Å². The van der Waals surface area contributed by atoms with Gasteiger partial charge in [-0.3, -0.25) is 9.59 Å². The summed E-state index contributed by atoms with van der Waals surface area (Å²) in [5.74, 6) is -0.262. The van der Waals surface area contributed by atoms with E-state index in [1.807, 2.05) is 56.3 Å². The molecule has 0 radical (unpaired) electrons. The van der Waals surface area contributed by atoms with Crippen molar-refractivity contribution in [2.75, 3.05) is 30.4 Å². The summed E-state index contributed by atoms with van der Waals surface area (Å²) in [5, 5.41) is 2.88. The summed E-state index contributed by atoms with van der Waals surface area (Å²) in [5.41, 5.74) is 4.84. The van der Waals surface area contributed by atoms with Gasteiger partial charge in [0.15, 0.2) is 0 Å². The van der Waals surface area contributed by atoms with Gasteiger partial charge in [0.25, 0.3) is 5.91 Å². The van der Waals surface area contributed by atoms with E-state index in [1.54, 1.807) is 17.0 Å². The molecule has 3 rings (SSSR count). The van der Waals surface area contributed by atoms with Gasteiger partial charge in [-0.1, -0.05) is 6.07 Å². The minimum Gasteiger partial charge on any atom is -0.378 e. The Morgan fingerprint density at radius 3 is 2.38 bits per heavy atom. The number of hydrogen-bond donors (Lipinski definition) is 1. The molecule has 1 N–H and O–H groups in total. The fourth-order valence-corrected chi connectivity index (χ4v) is 3.12. The molecule has 1 heterocycles. The van der Waals surface area contributed by atoms with Crippen molar-refractivity contribution in [1.29, 1.82) is 0 Å². The molecule has 0 aliphatic carbocycles. The van der Waals surface area contributed by atoms with E-state index in [0.717, 1.165) is 16.9 Å². The highest BCUT2D eigenvalue weighted by Gasteiger charge is 2.33. The van der Waals surface area contributed by atoms with Crippen LogP contribution in [0.15, 0.2) is 42.5 Å². The molecule has 0 saturated carbocycles. The van der Waals surface area contributed by atoms with Crippen LogP contribution in [-0.2, 0) is 4.79 Å². The molecule has 2 aromatic carbocycles. The topological polar surface area (TPSA) is 52.7 Å². The van der Waals surface area contributed by atoms with Crippen LogP contribution in [0.2, 0.25) is 0 Å². The van der Waals surface area contributed by atoms with Crippen molar-refractivity contribution < 1.29 is 9.59 Å². The predicted octanol–water partition coefficient (Wildman–Crippen LogP) is 2.90. The van der Waals surface area contributed by atoms with Crippen LogP contribution >= 0.6 is 0 Å². The molecular weight excluding hydrogens is 326 g/mol. The maximum absolute atomic E-state index is 12.7. The second-order valence-electron chi connectivity index (χ2n) is 7.01. The Morgan fingerprint density at radius 2 is 1.77 bits per heavy atom. The SMILES string of the molecule is Cc1ccc(N2CCC(NC(=O)c3ccc(N(C)C)cc3)C2=O)cc1C. The zero-order chi connectivity index (χ0) is 18.8. The molecule has 1 aliphatic heterocycles. The first-order chi connectivity index (χ1) is 12.4. The number of amides is 2. The van der Waals surface area contributed by atoms with Gasteiger partial charge in [0.1, 0.15) is 6.04 Å². The summed E-state index contributed by atoms with van der Waals surface area (Å²) in [6, 6.07) is 12.9. The van der Waals surface area contributed by atoms with Crippen molar-refractivity contribution in [2.24, 2.45) is 0 Å². The third kappa shape index (κ3) is 3.57. The van der Waals surface area contributed by atoms with E-state index in [2.05, 4.69) is 12.2 Å². The molecule has 1 unspecified atom stereocenters. The first-order valence-corrected chi connectivity index (χ1v) is 8.83. The van der Waals surface area contributed by atoms with Gasteiger partial charge in [-0.05, 0) is 67.8 Å². The Labute approximate surface area is 154 Å². The molecule has 1 atom stereocenters. The van der Waals surface area contributed by atoms with Gasteiger partial charge >= 0.3 is 0 Å². The Bertz CT molecular complexity index is 828. The summed E-state index contributed by atoms with van der Waals surface area (Å²) < 4.78 is 0. The highest BCUT2D eigenvalue weighted by molar-refractivity contribution is 6.04. The Morgan fingerprint density at radius 1 is 1.08 bits per heavy atom. The van der Waals surface area contributed by atoms with Crippen molar-refractivity contribution in [3.8, 4) is 0 Å². The number of benzene rings is 2. The fourth-order valence-electron chi connectivity index (χ4n) is 3.12. The van der Waals surface area contributed by atoms with Crippen LogP contribution < -0.4 is 15.1 Å². The molecule has 26 heavy (non-hydrogen) atoms. The molecule has 1 fully saturated rings. The first-order valence-electron chi connectivity index (χ1n) is 8.83. The highest BCUT2D eigenvalue weighted by Crippen LogP contribution is 2.24. The van der Waals surface area contributed by atoms with Crippen molar-refractivity contribution in [2.45, 2.75) is 26.3 Å². The largest absolute Gasteiger partial charge is 0.378 e. The fraction of sp³-hybridized carbons (Fsp3) is 0.333. The predicted molar refractivity (Wildman–Crippen MR) is 105 cm³/mol. The number of carbonyl (C=O) groups is 2. The summed E-state index contributed by atoms with van der Waals surface area (Å²) >= 11 is 0. The van der Waals surface area contributed by atoms with E-state index in [1.165, 1.54) is 5.56 Å². The molecule has 1 aliphatic rings. The smallest absolute Gasteiger partial charge is 0.251 e. The number of aryl methyl sites for hydroxylation is 2. The maximum Gasteiger partial charge on any atom is 0.251 e. The van der Waals surface area contributed by atoms with Crippen LogP contribution in [0.5, 0.6) is 0 Å². The van der Waals surface area contributed by atoms with E-state index in [0.29, 0.717) is 18.5 Å². The standard InChI is InChI=1S/C21H25N3O2/c1-14-5-8-18(13-15(14)2)24-12-11-19(21(24)26)22-20(25)16-6-9-17(10-7-16)23(3)4/h5-10,13,19H,11-12H2,1-4H3,(H,22,25). The lowest BCUT2D eigenvalue weighted by Crippen LogP contribution is -2.41. The molecule has 5 heteroatoms. The molecular formula is C21H25N3O2. The average Bonchev–Trinajstić information content (AvgIpc) is 2.98. The molecule has 136 valence electrons. The van der Waals surface area contributed by atoms with Gasteiger partial charge in [0, 0.05) is 37.6 Å². The van der Waals surface area contributed by atoms with Gasteiger partial charge < -0.3 is 15.1 Å².